The van der Waals surface area contributed by atoms with Gasteiger partial charge in [-0.15, -0.1) is 0 Å². The van der Waals surface area contributed by atoms with E-state index in [-0.39, 0.29) is 11.5 Å². The molecule has 0 radical (unpaired) electrons. The van der Waals surface area contributed by atoms with Crippen molar-refractivity contribution in [2.24, 2.45) is 0 Å². The van der Waals surface area contributed by atoms with Crippen molar-refractivity contribution in [2.45, 2.75) is 0 Å². The summed E-state index contributed by atoms with van der Waals surface area (Å²) in [6.07, 6.45) is 3.77. The van der Waals surface area contributed by atoms with Gasteiger partial charge in [0.2, 0.25) is 0 Å². The molecule has 0 aliphatic carbocycles. The largest absolute Gasteiger partial charge is 0.504 e. The molecule has 0 spiro atoms. The van der Waals surface area contributed by atoms with Crippen LogP contribution in [0.4, 0.5) is 17.1 Å². The number of nitrogens with two attached hydrogens (primary N) is 1. The minimum atomic E-state index is -0.140. The van der Waals surface area contributed by atoms with E-state index in [0.717, 1.165) is 22.5 Å². The number of hydrogen-bond donors (Lipinski definition) is 5. The zero-order chi connectivity index (χ0) is 19.2. The summed E-state index contributed by atoms with van der Waals surface area (Å²) in [5, 5.41) is 25.6. The summed E-state index contributed by atoms with van der Waals surface area (Å²) in [4.78, 5) is 0. The minimum Gasteiger partial charge on any atom is -0.504 e. The van der Waals surface area contributed by atoms with Crippen molar-refractivity contribution in [3.05, 3.63) is 77.9 Å². The SMILES string of the molecule is Nc1ccc(NC(=S)Nc2ccc(/C=C/c3ccc(O)c(O)c3)cc2)cc1. The first-order chi connectivity index (χ1) is 13.0. The summed E-state index contributed by atoms with van der Waals surface area (Å²) in [7, 11) is 0. The third kappa shape index (κ3) is 5.23. The van der Waals surface area contributed by atoms with Crippen molar-refractivity contribution in [1.29, 1.82) is 0 Å². The fourth-order valence-electron chi connectivity index (χ4n) is 2.37. The number of hydrogen-bond acceptors (Lipinski definition) is 4. The fraction of sp³-hybridized carbons (Fsp3) is 0. The first kappa shape index (κ1) is 18.3. The average molecular weight is 377 g/mol. The summed E-state index contributed by atoms with van der Waals surface area (Å²) < 4.78 is 0. The van der Waals surface area contributed by atoms with Gasteiger partial charge in [-0.3, -0.25) is 0 Å². The molecule has 0 aliphatic heterocycles. The van der Waals surface area contributed by atoms with Gasteiger partial charge in [0.1, 0.15) is 0 Å². The highest BCUT2D eigenvalue weighted by Crippen LogP contribution is 2.25. The molecule has 0 atom stereocenters. The smallest absolute Gasteiger partial charge is 0.175 e. The molecule has 0 saturated heterocycles. The van der Waals surface area contributed by atoms with E-state index in [1.807, 2.05) is 48.6 Å². The molecule has 0 aliphatic rings. The number of anilines is 3. The Hall–Kier alpha value is -3.51. The van der Waals surface area contributed by atoms with Gasteiger partial charge in [0.25, 0.3) is 0 Å². The quantitative estimate of drug-likeness (QED) is 0.197. The van der Waals surface area contributed by atoms with Gasteiger partial charge >= 0.3 is 0 Å². The Morgan fingerprint density at radius 1 is 0.741 bits per heavy atom. The van der Waals surface area contributed by atoms with Gasteiger partial charge in [0.15, 0.2) is 16.6 Å². The summed E-state index contributed by atoms with van der Waals surface area (Å²) in [5.41, 5.74) is 9.87. The second kappa shape index (κ2) is 8.25. The Bertz CT molecular complexity index is 968. The lowest BCUT2D eigenvalue weighted by Gasteiger charge is -2.11. The molecule has 5 nitrogen and oxygen atoms in total. The van der Waals surface area contributed by atoms with Crippen molar-refractivity contribution in [3.63, 3.8) is 0 Å². The van der Waals surface area contributed by atoms with Crippen LogP contribution < -0.4 is 16.4 Å². The van der Waals surface area contributed by atoms with Crippen LogP contribution in [0.1, 0.15) is 11.1 Å². The van der Waals surface area contributed by atoms with Crippen molar-refractivity contribution >= 4 is 46.5 Å². The maximum Gasteiger partial charge on any atom is 0.175 e. The van der Waals surface area contributed by atoms with E-state index in [9.17, 15) is 10.2 Å². The van der Waals surface area contributed by atoms with E-state index in [1.165, 1.54) is 12.1 Å². The summed E-state index contributed by atoms with van der Waals surface area (Å²) in [6, 6.07) is 19.8. The number of nitrogen functional groups attached to an aromatic ring is 1. The van der Waals surface area contributed by atoms with Gasteiger partial charge in [0.05, 0.1) is 0 Å². The zero-order valence-corrected chi connectivity index (χ0v) is 15.2. The molecule has 0 heterocycles. The second-order valence-electron chi connectivity index (χ2n) is 5.90. The van der Waals surface area contributed by atoms with Crippen molar-refractivity contribution in [3.8, 4) is 11.5 Å². The monoisotopic (exact) mass is 377 g/mol. The molecule has 27 heavy (non-hydrogen) atoms. The predicted octanol–water partition coefficient (Wildman–Crippen LogP) is 4.66. The van der Waals surface area contributed by atoms with Crippen LogP contribution in [0, 0.1) is 0 Å². The fourth-order valence-corrected chi connectivity index (χ4v) is 2.61. The van der Waals surface area contributed by atoms with Gasteiger partial charge in [0, 0.05) is 17.1 Å². The van der Waals surface area contributed by atoms with E-state index in [2.05, 4.69) is 10.6 Å². The minimum absolute atomic E-state index is 0.133. The van der Waals surface area contributed by atoms with Crippen LogP contribution in [0.15, 0.2) is 66.7 Å². The molecule has 0 bridgehead atoms. The average Bonchev–Trinajstić information content (AvgIpc) is 2.66. The number of phenols is 2. The molecule has 0 fully saturated rings. The van der Waals surface area contributed by atoms with E-state index >= 15 is 0 Å². The molecule has 6 heteroatoms. The molecular formula is C21H19N3O2S. The Labute approximate surface area is 162 Å². The van der Waals surface area contributed by atoms with Gasteiger partial charge in [-0.05, 0) is 71.9 Å². The van der Waals surface area contributed by atoms with Crippen LogP contribution in [0.25, 0.3) is 12.2 Å². The van der Waals surface area contributed by atoms with Crippen LogP contribution in [0.3, 0.4) is 0 Å². The molecular weight excluding hydrogens is 358 g/mol. The summed E-state index contributed by atoms with van der Waals surface area (Å²) in [5.74, 6) is -0.273. The molecule has 3 aromatic carbocycles. The molecule has 6 N–H and O–H groups in total. The normalized spacial score (nSPS) is 10.7. The topological polar surface area (TPSA) is 90.5 Å². The van der Waals surface area contributed by atoms with Gasteiger partial charge in [-0.1, -0.05) is 30.4 Å². The first-order valence-corrected chi connectivity index (χ1v) is 8.64. The molecule has 0 aromatic heterocycles. The number of rotatable bonds is 4. The Kier molecular flexibility index (Phi) is 5.58. The van der Waals surface area contributed by atoms with E-state index in [1.54, 1.807) is 18.2 Å². The number of aromatic hydroxyl groups is 2. The number of nitrogens with one attached hydrogen (secondary N) is 2. The standard InChI is InChI=1S/C21H19N3O2S/c22-16-6-10-18(11-7-16)24-21(27)23-17-8-3-14(4-9-17)1-2-15-5-12-19(25)20(26)13-15/h1-13,25-26H,22H2,(H2,23,24,27)/b2-1+. The van der Waals surface area contributed by atoms with Crippen molar-refractivity contribution in [1.82, 2.24) is 0 Å². The highest BCUT2D eigenvalue weighted by Gasteiger charge is 2.00. The highest BCUT2D eigenvalue weighted by atomic mass is 32.1. The van der Waals surface area contributed by atoms with E-state index in [0.29, 0.717) is 10.8 Å². The lowest BCUT2D eigenvalue weighted by molar-refractivity contribution is 0.403. The third-order valence-electron chi connectivity index (χ3n) is 3.80. The molecule has 0 saturated carbocycles. The highest BCUT2D eigenvalue weighted by molar-refractivity contribution is 7.80. The second-order valence-corrected chi connectivity index (χ2v) is 6.31. The summed E-state index contributed by atoms with van der Waals surface area (Å²) in [6.45, 7) is 0. The Balaban J connectivity index is 1.59. The molecule has 0 amide bonds. The van der Waals surface area contributed by atoms with Crippen LogP contribution in [0.2, 0.25) is 0 Å². The third-order valence-corrected chi connectivity index (χ3v) is 4.01. The molecule has 136 valence electrons. The Morgan fingerprint density at radius 2 is 1.26 bits per heavy atom. The van der Waals surface area contributed by atoms with Crippen LogP contribution >= 0.6 is 12.2 Å². The molecule has 3 aromatic rings. The predicted molar refractivity (Wildman–Crippen MR) is 116 cm³/mol. The number of benzene rings is 3. The lowest BCUT2D eigenvalue weighted by atomic mass is 10.1. The van der Waals surface area contributed by atoms with Crippen LogP contribution in [-0.4, -0.2) is 15.3 Å². The number of thiocarbonyl (C=S) groups is 1. The number of phenolic OH excluding ortho intramolecular Hbond substituents is 2. The van der Waals surface area contributed by atoms with Gasteiger partial charge < -0.3 is 26.6 Å². The van der Waals surface area contributed by atoms with Gasteiger partial charge in [-0.25, -0.2) is 0 Å². The lowest BCUT2D eigenvalue weighted by Crippen LogP contribution is -2.18. The van der Waals surface area contributed by atoms with E-state index < -0.39 is 0 Å². The first-order valence-electron chi connectivity index (χ1n) is 8.23. The maximum atomic E-state index is 9.52. The zero-order valence-electron chi connectivity index (χ0n) is 14.4. The van der Waals surface area contributed by atoms with Gasteiger partial charge in [-0.2, -0.15) is 0 Å². The van der Waals surface area contributed by atoms with Crippen molar-refractivity contribution < 1.29 is 10.2 Å². The van der Waals surface area contributed by atoms with Crippen molar-refractivity contribution in [2.75, 3.05) is 16.4 Å². The molecule has 3 rings (SSSR count). The Morgan fingerprint density at radius 3 is 1.85 bits per heavy atom. The maximum absolute atomic E-state index is 9.52. The summed E-state index contributed by atoms with van der Waals surface area (Å²) >= 11 is 5.31. The van der Waals surface area contributed by atoms with Crippen LogP contribution in [0.5, 0.6) is 11.5 Å². The molecule has 0 unspecified atom stereocenters. The van der Waals surface area contributed by atoms with Crippen LogP contribution in [-0.2, 0) is 0 Å². The van der Waals surface area contributed by atoms with E-state index in [4.69, 9.17) is 18.0 Å².